The lowest BCUT2D eigenvalue weighted by Gasteiger charge is -2.23. The van der Waals surface area contributed by atoms with Gasteiger partial charge in [0.2, 0.25) is 0 Å². The topological polar surface area (TPSA) is 40.1 Å². The zero-order valence-corrected chi connectivity index (χ0v) is 19.3. The molecule has 1 aromatic carbocycles. The van der Waals surface area contributed by atoms with E-state index in [1.165, 1.54) is 44.5 Å². The minimum atomic E-state index is 0. The van der Waals surface area contributed by atoms with E-state index in [1.54, 1.807) is 7.11 Å². The predicted molar refractivity (Wildman–Crippen MR) is 124 cm³/mol. The Kier molecular flexibility index (Phi) is 9.15. The van der Waals surface area contributed by atoms with Gasteiger partial charge in [-0.2, -0.15) is 0 Å². The third-order valence-corrected chi connectivity index (χ3v) is 5.75. The van der Waals surface area contributed by atoms with Gasteiger partial charge in [-0.25, -0.2) is 0 Å². The summed E-state index contributed by atoms with van der Waals surface area (Å²) in [5, 5.41) is 3.64. The second-order valence-corrected chi connectivity index (χ2v) is 7.59. The van der Waals surface area contributed by atoms with Crippen LogP contribution in [-0.2, 0) is 0 Å². The highest BCUT2D eigenvalue weighted by molar-refractivity contribution is 14.0. The number of rotatable bonds is 6. The lowest BCUT2D eigenvalue weighted by molar-refractivity contribution is 0.324. The average molecular weight is 486 g/mol. The number of nitrogens with zero attached hydrogens (tertiary/aromatic N) is 3. The minimum absolute atomic E-state index is 0. The SMILES string of the molecule is CCCN1CCC(CNC(=NC)N2CCC(c3ccc(OC)cc3)C2)C1.I. The monoisotopic (exact) mass is 486 g/mol. The van der Waals surface area contributed by atoms with Crippen LogP contribution in [0.3, 0.4) is 0 Å². The van der Waals surface area contributed by atoms with Crippen LogP contribution in [0.5, 0.6) is 5.75 Å². The summed E-state index contributed by atoms with van der Waals surface area (Å²) in [6.45, 7) is 9.13. The van der Waals surface area contributed by atoms with E-state index in [-0.39, 0.29) is 24.0 Å². The Morgan fingerprint density at radius 3 is 2.63 bits per heavy atom. The zero-order chi connectivity index (χ0) is 18.4. The Morgan fingerprint density at radius 1 is 1.19 bits per heavy atom. The van der Waals surface area contributed by atoms with Gasteiger partial charge in [0.05, 0.1) is 7.11 Å². The van der Waals surface area contributed by atoms with Gasteiger partial charge >= 0.3 is 0 Å². The summed E-state index contributed by atoms with van der Waals surface area (Å²) in [5.74, 6) is 3.31. The Bertz CT molecular complexity index is 592. The molecule has 27 heavy (non-hydrogen) atoms. The van der Waals surface area contributed by atoms with Gasteiger partial charge in [0.25, 0.3) is 0 Å². The molecule has 1 N–H and O–H groups in total. The first-order valence-electron chi connectivity index (χ1n) is 10.0. The maximum atomic E-state index is 5.27. The third-order valence-electron chi connectivity index (χ3n) is 5.75. The Morgan fingerprint density at radius 2 is 1.96 bits per heavy atom. The van der Waals surface area contributed by atoms with Gasteiger partial charge in [-0.1, -0.05) is 19.1 Å². The van der Waals surface area contributed by atoms with Crippen molar-refractivity contribution in [2.24, 2.45) is 10.9 Å². The van der Waals surface area contributed by atoms with E-state index in [1.807, 2.05) is 7.05 Å². The molecule has 0 amide bonds. The lowest BCUT2D eigenvalue weighted by Crippen LogP contribution is -2.42. The third kappa shape index (κ3) is 5.98. The maximum Gasteiger partial charge on any atom is 0.193 e. The summed E-state index contributed by atoms with van der Waals surface area (Å²) >= 11 is 0. The molecular formula is C21H35IN4O. The molecule has 0 radical (unpaired) electrons. The molecule has 2 heterocycles. The molecule has 1 aromatic rings. The van der Waals surface area contributed by atoms with Crippen LogP contribution in [-0.4, -0.2) is 69.2 Å². The molecule has 5 nitrogen and oxygen atoms in total. The number of hydrogen-bond acceptors (Lipinski definition) is 3. The van der Waals surface area contributed by atoms with Crippen LogP contribution in [0.2, 0.25) is 0 Å². The average Bonchev–Trinajstić information content (AvgIpc) is 3.33. The van der Waals surface area contributed by atoms with Crippen LogP contribution in [0.1, 0.15) is 37.7 Å². The lowest BCUT2D eigenvalue weighted by atomic mass is 9.98. The van der Waals surface area contributed by atoms with Gasteiger partial charge in [-0.15, -0.1) is 24.0 Å². The molecule has 2 saturated heterocycles. The van der Waals surface area contributed by atoms with Crippen LogP contribution >= 0.6 is 24.0 Å². The molecule has 0 aromatic heterocycles. The standard InChI is InChI=1S/C21H34N4O.HI/c1-4-11-24-12-9-17(15-24)14-23-21(22-2)25-13-10-19(16-25)18-5-7-20(26-3)8-6-18;/h5-8,17,19H,4,9-16H2,1-3H3,(H,22,23);1H. The summed E-state index contributed by atoms with van der Waals surface area (Å²) < 4.78 is 5.27. The highest BCUT2D eigenvalue weighted by Crippen LogP contribution is 2.28. The van der Waals surface area contributed by atoms with Crippen molar-refractivity contribution in [3.05, 3.63) is 29.8 Å². The van der Waals surface area contributed by atoms with Gasteiger partial charge in [0.15, 0.2) is 5.96 Å². The number of halogens is 1. The van der Waals surface area contributed by atoms with Crippen LogP contribution in [0.15, 0.2) is 29.3 Å². The highest BCUT2D eigenvalue weighted by atomic mass is 127. The molecule has 2 atom stereocenters. The largest absolute Gasteiger partial charge is 0.497 e. The molecule has 6 heteroatoms. The molecule has 0 aliphatic carbocycles. The molecule has 2 fully saturated rings. The molecule has 3 rings (SSSR count). The molecule has 0 saturated carbocycles. The van der Waals surface area contributed by atoms with Crippen molar-refractivity contribution >= 4 is 29.9 Å². The number of nitrogens with one attached hydrogen (secondary N) is 1. The first-order valence-corrected chi connectivity index (χ1v) is 10.0. The van der Waals surface area contributed by atoms with E-state index in [0.717, 1.165) is 37.3 Å². The number of hydrogen-bond donors (Lipinski definition) is 1. The first kappa shape index (κ1) is 22.3. The number of likely N-dealkylation sites (tertiary alicyclic amines) is 2. The highest BCUT2D eigenvalue weighted by Gasteiger charge is 2.27. The molecule has 2 unspecified atom stereocenters. The fourth-order valence-electron chi connectivity index (χ4n) is 4.27. The van der Waals surface area contributed by atoms with Gasteiger partial charge in [-0.05, 0) is 56.0 Å². The Hall–Kier alpha value is -1.02. The first-order chi connectivity index (χ1) is 12.7. The van der Waals surface area contributed by atoms with Gasteiger partial charge < -0.3 is 19.9 Å². The second kappa shape index (κ2) is 11.1. The van der Waals surface area contributed by atoms with Crippen molar-refractivity contribution in [2.75, 3.05) is 53.4 Å². The number of benzene rings is 1. The van der Waals surface area contributed by atoms with Crippen molar-refractivity contribution in [2.45, 2.75) is 32.1 Å². The molecule has 0 spiro atoms. The van der Waals surface area contributed by atoms with Gasteiger partial charge in [0.1, 0.15) is 5.75 Å². The van der Waals surface area contributed by atoms with Crippen LogP contribution in [0, 0.1) is 5.92 Å². The molecule has 2 aliphatic heterocycles. The van der Waals surface area contributed by atoms with E-state index in [2.05, 4.69) is 51.3 Å². The second-order valence-electron chi connectivity index (χ2n) is 7.59. The van der Waals surface area contributed by atoms with Crippen molar-refractivity contribution < 1.29 is 4.74 Å². The van der Waals surface area contributed by atoms with Crippen molar-refractivity contribution in [1.82, 2.24) is 15.1 Å². The molecular weight excluding hydrogens is 451 g/mol. The van der Waals surface area contributed by atoms with Crippen molar-refractivity contribution in [3.8, 4) is 5.75 Å². The van der Waals surface area contributed by atoms with E-state index in [9.17, 15) is 0 Å². The van der Waals surface area contributed by atoms with E-state index in [4.69, 9.17) is 4.74 Å². The number of methoxy groups -OCH3 is 1. The quantitative estimate of drug-likeness (QED) is 0.380. The summed E-state index contributed by atoms with van der Waals surface area (Å²) in [4.78, 5) is 9.54. The predicted octanol–water partition coefficient (Wildman–Crippen LogP) is 3.41. The summed E-state index contributed by atoms with van der Waals surface area (Å²) in [6.07, 6.45) is 3.74. The number of guanidine groups is 1. The van der Waals surface area contributed by atoms with Crippen LogP contribution < -0.4 is 10.1 Å². The number of ether oxygens (including phenoxy) is 1. The fourth-order valence-corrected chi connectivity index (χ4v) is 4.27. The molecule has 2 aliphatic rings. The smallest absolute Gasteiger partial charge is 0.193 e. The number of aliphatic imine (C=N–C) groups is 1. The molecule has 152 valence electrons. The fraction of sp³-hybridized carbons (Fsp3) is 0.667. The summed E-state index contributed by atoms with van der Waals surface area (Å²) in [6, 6.07) is 8.52. The summed E-state index contributed by atoms with van der Waals surface area (Å²) in [5.41, 5.74) is 1.40. The maximum absolute atomic E-state index is 5.27. The van der Waals surface area contributed by atoms with Gasteiger partial charge in [0, 0.05) is 39.1 Å². The van der Waals surface area contributed by atoms with E-state index >= 15 is 0 Å². The van der Waals surface area contributed by atoms with Crippen molar-refractivity contribution in [1.29, 1.82) is 0 Å². The minimum Gasteiger partial charge on any atom is -0.497 e. The van der Waals surface area contributed by atoms with Crippen molar-refractivity contribution in [3.63, 3.8) is 0 Å². The molecule has 0 bridgehead atoms. The normalized spacial score (nSPS) is 23.4. The van der Waals surface area contributed by atoms with Crippen LogP contribution in [0.4, 0.5) is 0 Å². The van der Waals surface area contributed by atoms with E-state index < -0.39 is 0 Å². The van der Waals surface area contributed by atoms with Gasteiger partial charge in [-0.3, -0.25) is 4.99 Å². The Labute approximate surface area is 181 Å². The summed E-state index contributed by atoms with van der Waals surface area (Å²) in [7, 11) is 3.62. The zero-order valence-electron chi connectivity index (χ0n) is 17.0. The Balaban J connectivity index is 0.00000261. The van der Waals surface area contributed by atoms with Crippen LogP contribution in [0.25, 0.3) is 0 Å². The van der Waals surface area contributed by atoms with E-state index in [0.29, 0.717) is 5.92 Å².